The van der Waals surface area contributed by atoms with Crippen LogP contribution in [0.4, 0.5) is 4.39 Å². The molecule has 0 unspecified atom stereocenters. The second-order valence-electron chi connectivity index (χ2n) is 5.33. The predicted octanol–water partition coefficient (Wildman–Crippen LogP) is 3.89. The maximum Gasteiger partial charge on any atom is 0.230 e. The minimum absolute atomic E-state index is 0.158. The summed E-state index contributed by atoms with van der Waals surface area (Å²) < 4.78 is 14.9. The number of aryl methyl sites for hydroxylation is 1. The van der Waals surface area contributed by atoms with Gasteiger partial charge in [0, 0.05) is 12.7 Å². The van der Waals surface area contributed by atoms with Gasteiger partial charge >= 0.3 is 0 Å². The van der Waals surface area contributed by atoms with E-state index in [9.17, 15) is 9.18 Å². The number of carbonyl (C=O) groups is 1. The molecule has 3 aromatic rings. The number of nitrogens with zero attached hydrogens (tertiary/aromatic N) is 3. The van der Waals surface area contributed by atoms with Gasteiger partial charge in [0.15, 0.2) is 10.8 Å². The zero-order valence-electron chi connectivity index (χ0n) is 13.1. The fourth-order valence-electron chi connectivity index (χ4n) is 2.20. The fourth-order valence-corrected chi connectivity index (χ4v) is 3.45. The third-order valence-electron chi connectivity index (χ3n) is 3.44. The number of aromatic nitrogens is 3. The van der Waals surface area contributed by atoms with E-state index in [4.69, 9.17) is 23.2 Å². The number of thioether (sulfide) groups is 1. The van der Waals surface area contributed by atoms with Gasteiger partial charge in [0.1, 0.15) is 5.82 Å². The number of pyridine rings is 1. The van der Waals surface area contributed by atoms with Crippen LogP contribution in [0.15, 0.2) is 35.6 Å². The highest BCUT2D eigenvalue weighted by Crippen LogP contribution is 2.25. The van der Waals surface area contributed by atoms with Crippen LogP contribution in [0.5, 0.6) is 0 Å². The molecular formula is C16H13Cl2FN4OS. The molecule has 0 fully saturated rings. The van der Waals surface area contributed by atoms with Crippen molar-refractivity contribution in [2.24, 2.45) is 0 Å². The van der Waals surface area contributed by atoms with E-state index < -0.39 is 0 Å². The molecule has 0 radical (unpaired) electrons. The molecule has 0 aliphatic heterocycles. The van der Waals surface area contributed by atoms with Gasteiger partial charge in [0.05, 0.1) is 15.8 Å². The zero-order chi connectivity index (χ0) is 18.0. The summed E-state index contributed by atoms with van der Waals surface area (Å²) in [4.78, 5) is 12.0. The highest BCUT2D eigenvalue weighted by atomic mass is 35.5. The number of fused-ring (bicyclic) bond motifs is 1. The molecule has 0 aliphatic rings. The molecule has 0 atom stereocenters. The summed E-state index contributed by atoms with van der Waals surface area (Å²) in [6, 6.07) is 6.32. The van der Waals surface area contributed by atoms with Crippen LogP contribution in [0.3, 0.4) is 0 Å². The molecule has 0 aliphatic carbocycles. The molecule has 0 bridgehead atoms. The van der Waals surface area contributed by atoms with E-state index in [0.717, 1.165) is 5.56 Å². The van der Waals surface area contributed by atoms with E-state index in [0.29, 0.717) is 33.0 Å². The largest absolute Gasteiger partial charge is 0.351 e. The van der Waals surface area contributed by atoms with Gasteiger partial charge in [0.25, 0.3) is 0 Å². The quantitative estimate of drug-likeness (QED) is 0.662. The summed E-state index contributed by atoms with van der Waals surface area (Å²) in [5.41, 5.74) is 1.87. The molecule has 0 saturated heterocycles. The van der Waals surface area contributed by atoms with Crippen molar-refractivity contribution in [1.82, 2.24) is 19.9 Å². The Kier molecular flexibility index (Phi) is 5.46. The molecule has 0 saturated carbocycles. The number of rotatable bonds is 5. The summed E-state index contributed by atoms with van der Waals surface area (Å²) in [7, 11) is 0. The second-order valence-corrected chi connectivity index (χ2v) is 7.12. The van der Waals surface area contributed by atoms with Crippen LogP contribution < -0.4 is 5.32 Å². The van der Waals surface area contributed by atoms with Crippen LogP contribution in [-0.2, 0) is 11.3 Å². The minimum Gasteiger partial charge on any atom is -0.351 e. The maximum absolute atomic E-state index is 13.2. The summed E-state index contributed by atoms with van der Waals surface area (Å²) in [5, 5.41) is 12.2. The number of hydrogen-bond acceptors (Lipinski definition) is 4. The van der Waals surface area contributed by atoms with E-state index >= 15 is 0 Å². The molecular weight excluding hydrogens is 386 g/mol. The normalized spacial score (nSPS) is 11.0. The van der Waals surface area contributed by atoms with E-state index in [1.54, 1.807) is 35.7 Å². The molecule has 1 amide bonds. The summed E-state index contributed by atoms with van der Waals surface area (Å²) in [5.74, 6) is -0.274. The summed E-state index contributed by atoms with van der Waals surface area (Å²) in [6.45, 7) is 2.02. The Bertz CT molecular complexity index is 947. The lowest BCUT2D eigenvalue weighted by atomic mass is 10.1. The number of amides is 1. The number of carbonyl (C=O) groups excluding carboxylic acids is 1. The second kappa shape index (κ2) is 7.59. The molecule has 25 heavy (non-hydrogen) atoms. The summed E-state index contributed by atoms with van der Waals surface area (Å²) in [6.07, 6.45) is 1.64. The average Bonchev–Trinajstić information content (AvgIpc) is 2.97. The molecule has 1 aromatic carbocycles. The van der Waals surface area contributed by atoms with Crippen LogP contribution in [-0.4, -0.2) is 26.3 Å². The minimum atomic E-state index is -0.262. The van der Waals surface area contributed by atoms with E-state index in [-0.39, 0.29) is 17.5 Å². The first-order chi connectivity index (χ1) is 11.9. The molecule has 130 valence electrons. The van der Waals surface area contributed by atoms with Gasteiger partial charge in [-0.15, -0.1) is 10.2 Å². The van der Waals surface area contributed by atoms with E-state index in [2.05, 4.69) is 15.5 Å². The number of hydrogen-bond donors (Lipinski definition) is 1. The Balaban J connectivity index is 1.60. The Labute approximate surface area is 157 Å². The lowest BCUT2D eigenvalue weighted by Gasteiger charge is -2.06. The van der Waals surface area contributed by atoms with Gasteiger partial charge in [0.2, 0.25) is 5.91 Å². The Morgan fingerprint density at radius 1 is 1.32 bits per heavy atom. The van der Waals surface area contributed by atoms with Crippen molar-refractivity contribution in [3.05, 3.63) is 57.5 Å². The monoisotopic (exact) mass is 398 g/mol. The third kappa shape index (κ3) is 4.23. The molecule has 5 nitrogen and oxygen atoms in total. The number of benzene rings is 1. The van der Waals surface area contributed by atoms with Gasteiger partial charge in [-0.1, -0.05) is 47.1 Å². The van der Waals surface area contributed by atoms with Crippen molar-refractivity contribution in [3.63, 3.8) is 0 Å². The van der Waals surface area contributed by atoms with Gasteiger partial charge < -0.3 is 5.32 Å². The highest BCUT2D eigenvalue weighted by Gasteiger charge is 2.12. The van der Waals surface area contributed by atoms with Crippen LogP contribution in [0.2, 0.25) is 10.0 Å². The van der Waals surface area contributed by atoms with Crippen LogP contribution in [0, 0.1) is 12.7 Å². The first-order valence-electron chi connectivity index (χ1n) is 7.28. The lowest BCUT2D eigenvalue weighted by molar-refractivity contribution is -0.118. The molecule has 0 spiro atoms. The Hall–Kier alpha value is -1.83. The van der Waals surface area contributed by atoms with Crippen molar-refractivity contribution < 1.29 is 9.18 Å². The standard InChI is InChI=1S/C16H13Cl2FN4OS/c1-9-4-10(2-3-13(9)19)6-20-14(24)8-25-16-22-21-15-12(18)5-11(17)7-23(15)16/h2-5,7H,6,8H2,1H3,(H,20,24). The maximum atomic E-state index is 13.2. The van der Waals surface area contributed by atoms with Gasteiger partial charge in [-0.2, -0.15) is 0 Å². The van der Waals surface area contributed by atoms with Crippen LogP contribution >= 0.6 is 35.0 Å². The highest BCUT2D eigenvalue weighted by molar-refractivity contribution is 7.99. The van der Waals surface area contributed by atoms with Gasteiger partial charge in [-0.3, -0.25) is 9.20 Å². The van der Waals surface area contributed by atoms with Crippen LogP contribution in [0.25, 0.3) is 5.65 Å². The van der Waals surface area contributed by atoms with Crippen molar-refractivity contribution in [1.29, 1.82) is 0 Å². The van der Waals surface area contributed by atoms with Crippen LogP contribution in [0.1, 0.15) is 11.1 Å². The smallest absolute Gasteiger partial charge is 0.230 e. The average molecular weight is 399 g/mol. The third-order valence-corrected chi connectivity index (χ3v) is 4.87. The van der Waals surface area contributed by atoms with E-state index in [1.807, 2.05) is 0 Å². The van der Waals surface area contributed by atoms with Crippen molar-refractivity contribution >= 4 is 46.5 Å². The molecule has 3 rings (SSSR count). The number of nitrogens with one attached hydrogen (secondary N) is 1. The Morgan fingerprint density at radius 2 is 2.12 bits per heavy atom. The SMILES string of the molecule is Cc1cc(CNC(=O)CSc2nnc3c(Cl)cc(Cl)cn23)ccc1F. The van der Waals surface area contributed by atoms with Crippen molar-refractivity contribution in [3.8, 4) is 0 Å². The van der Waals surface area contributed by atoms with Crippen molar-refractivity contribution in [2.75, 3.05) is 5.75 Å². The van der Waals surface area contributed by atoms with Gasteiger partial charge in [-0.25, -0.2) is 4.39 Å². The molecule has 2 heterocycles. The molecule has 2 aromatic heterocycles. The fraction of sp³-hybridized carbons (Fsp3) is 0.188. The van der Waals surface area contributed by atoms with E-state index in [1.165, 1.54) is 17.8 Å². The number of halogens is 3. The molecule has 1 N–H and O–H groups in total. The first-order valence-corrected chi connectivity index (χ1v) is 9.02. The molecule has 9 heteroatoms. The topological polar surface area (TPSA) is 59.3 Å². The van der Waals surface area contributed by atoms with Gasteiger partial charge in [-0.05, 0) is 30.2 Å². The zero-order valence-corrected chi connectivity index (χ0v) is 15.4. The Morgan fingerprint density at radius 3 is 2.88 bits per heavy atom. The lowest BCUT2D eigenvalue weighted by Crippen LogP contribution is -2.24. The van der Waals surface area contributed by atoms with Crippen molar-refractivity contribution in [2.45, 2.75) is 18.6 Å². The first kappa shape index (κ1) is 18.0. The predicted molar refractivity (Wildman–Crippen MR) is 96.7 cm³/mol. The summed E-state index contributed by atoms with van der Waals surface area (Å²) >= 11 is 13.3.